The number of nitrogens with zero attached hydrogens (tertiary/aromatic N) is 1. The van der Waals surface area contributed by atoms with Crippen molar-refractivity contribution in [3.63, 3.8) is 0 Å². The Morgan fingerprint density at radius 3 is 2.11 bits per heavy atom. The van der Waals surface area contributed by atoms with E-state index in [-0.39, 0.29) is 23.6 Å². The lowest BCUT2D eigenvalue weighted by molar-refractivity contribution is -0.149. The van der Waals surface area contributed by atoms with Gasteiger partial charge in [-0.25, -0.2) is 4.79 Å². The summed E-state index contributed by atoms with van der Waals surface area (Å²) in [6.07, 6.45) is 6.05. The Balaban J connectivity index is 2.50. The average Bonchev–Trinajstić information content (AvgIpc) is 2.84. The van der Waals surface area contributed by atoms with E-state index >= 15 is 0 Å². The van der Waals surface area contributed by atoms with Crippen LogP contribution >= 0.6 is 12.6 Å². The van der Waals surface area contributed by atoms with Gasteiger partial charge in [0.1, 0.15) is 17.7 Å². The number of thiol groups is 1. The summed E-state index contributed by atoms with van der Waals surface area (Å²) in [6, 6.07) is 6.18. The molecule has 0 aromatic heterocycles. The number of nitrogens with one attached hydrogen (secondary N) is 2. The first kappa shape index (κ1) is 31.0. The Hall–Kier alpha value is -2.22. The number of alkyl carbamates (subject to hydrolysis) is 1. The van der Waals surface area contributed by atoms with E-state index in [1.165, 1.54) is 6.42 Å². The third kappa shape index (κ3) is 8.94. The predicted octanol–water partition coefficient (Wildman–Crippen LogP) is 5.58. The van der Waals surface area contributed by atoms with Crippen molar-refractivity contribution in [3.8, 4) is 0 Å². The lowest BCUT2D eigenvalue weighted by Crippen LogP contribution is -2.60. The Labute approximate surface area is 228 Å². The highest BCUT2D eigenvalue weighted by atomic mass is 32.1. The maximum absolute atomic E-state index is 14.1. The van der Waals surface area contributed by atoms with Crippen LogP contribution in [0.5, 0.6) is 0 Å². The zero-order chi connectivity index (χ0) is 27.8. The summed E-state index contributed by atoms with van der Waals surface area (Å²) in [5.41, 5.74) is 0.518. The highest BCUT2D eigenvalue weighted by molar-refractivity contribution is 7.80. The molecule has 1 saturated carbocycles. The number of hydrogen-bond acceptors (Lipinski definition) is 5. The third-order valence-corrected chi connectivity index (χ3v) is 7.45. The molecule has 2 atom stereocenters. The minimum atomic E-state index is -0.955. The van der Waals surface area contributed by atoms with Crippen molar-refractivity contribution in [1.82, 2.24) is 15.5 Å². The smallest absolute Gasteiger partial charge is 0.408 e. The Kier molecular flexibility index (Phi) is 11.3. The summed E-state index contributed by atoms with van der Waals surface area (Å²) < 4.78 is 5.40. The quantitative estimate of drug-likeness (QED) is 0.343. The van der Waals surface area contributed by atoms with Gasteiger partial charge in [-0.3, -0.25) is 9.59 Å². The number of benzene rings is 1. The Morgan fingerprint density at radius 2 is 1.62 bits per heavy atom. The maximum atomic E-state index is 14.1. The molecule has 1 aliphatic rings. The van der Waals surface area contributed by atoms with Gasteiger partial charge in [0.15, 0.2) is 0 Å². The first-order valence-electron chi connectivity index (χ1n) is 13.7. The van der Waals surface area contributed by atoms with E-state index in [4.69, 9.17) is 4.74 Å². The van der Waals surface area contributed by atoms with Crippen molar-refractivity contribution in [1.29, 1.82) is 0 Å². The number of hydrogen-bond donors (Lipinski definition) is 3. The number of amides is 3. The van der Waals surface area contributed by atoms with Crippen LogP contribution in [0.4, 0.5) is 4.79 Å². The molecule has 2 unspecified atom stereocenters. The molecule has 0 heterocycles. The summed E-state index contributed by atoms with van der Waals surface area (Å²) in [5, 5.41) is 5.93. The van der Waals surface area contributed by atoms with E-state index in [0.29, 0.717) is 6.42 Å². The van der Waals surface area contributed by atoms with Gasteiger partial charge in [0, 0.05) is 17.3 Å². The first-order valence-corrected chi connectivity index (χ1v) is 14.3. The van der Waals surface area contributed by atoms with E-state index in [1.54, 1.807) is 25.7 Å². The minimum absolute atomic E-state index is 0.0696. The van der Waals surface area contributed by atoms with Crippen molar-refractivity contribution < 1.29 is 19.1 Å². The summed E-state index contributed by atoms with van der Waals surface area (Å²) >= 11 is 4.38. The van der Waals surface area contributed by atoms with Crippen LogP contribution in [0.15, 0.2) is 24.3 Å². The summed E-state index contributed by atoms with van der Waals surface area (Å²) in [4.78, 5) is 42.3. The zero-order valence-corrected chi connectivity index (χ0v) is 24.6. The molecule has 0 spiro atoms. The van der Waals surface area contributed by atoms with Crippen LogP contribution in [0.3, 0.4) is 0 Å². The fourth-order valence-corrected chi connectivity index (χ4v) is 4.88. The van der Waals surface area contributed by atoms with Crippen LogP contribution in [-0.2, 0) is 20.7 Å². The Bertz CT molecular complexity index is 905. The van der Waals surface area contributed by atoms with Gasteiger partial charge in [0.2, 0.25) is 11.8 Å². The number of carbonyl (C=O) groups excluding carboxylic acids is 3. The van der Waals surface area contributed by atoms with Gasteiger partial charge >= 0.3 is 6.09 Å². The van der Waals surface area contributed by atoms with Gasteiger partial charge in [-0.1, -0.05) is 57.4 Å². The highest BCUT2D eigenvalue weighted by Crippen LogP contribution is 2.33. The molecule has 1 aromatic rings. The van der Waals surface area contributed by atoms with Crippen molar-refractivity contribution in [2.24, 2.45) is 0 Å². The number of rotatable bonds is 10. The van der Waals surface area contributed by atoms with E-state index in [1.807, 2.05) is 45.0 Å². The lowest BCUT2D eigenvalue weighted by Gasteiger charge is -2.45. The van der Waals surface area contributed by atoms with E-state index in [9.17, 15) is 14.4 Å². The molecule has 0 saturated heterocycles. The van der Waals surface area contributed by atoms with Gasteiger partial charge in [0.25, 0.3) is 0 Å². The van der Waals surface area contributed by atoms with Gasteiger partial charge in [0.05, 0.1) is 0 Å². The van der Waals surface area contributed by atoms with E-state index in [2.05, 4.69) is 30.2 Å². The molecule has 7 nitrogen and oxygen atoms in total. The third-order valence-electron chi connectivity index (χ3n) is 7.09. The molecule has 0 radical (unpaired) electrons. The van der Waals surface area contributed by atoms with Crippen molar-refractivity contribution in [3.05, 3.63) is 35.4 Å². The molecule has 2 N–H and O–H groups in total. The molecule has 1 aromatic carbocycles. The van der Waals surface area contributed by atoms with Crippen LogP contribution in [0.1, 0.15) is 104 Å². The standard InChI is InChI=1S/C29H47N3O4S/c1-8-20-15-17-21(18-16-20)24(25(33)30-22-13-11-10-12-14-22)32(29(6,7)9-2)26(34)23(19-37)31-27(35)36-28(3,4)5/h15-18,22-24,37H,8-14,19H2,1-7H3,(H,30,33)(H,31,35). The van der Waals surface area contributed by atoms with Crippen LogP contribution in [0, 0.1) is 0 Å². The second-order valence-corrected chi connectivity index (χ2v) is 12.0. The molecular weight excluding hydrogens is 486 g/mol. The predicted molar refractivity (Wildman–Crippen MR) is 152 cm³/mol. The number of carbonyl (C=O) groups is 3. The molecule has 0 aliphatic heterocycles. The SMILES string of the molecule is CCc1ccc(C(C(=O)NC2CCCCC2)N(C(=O)C(CS)NC(=O)OC(C)(C)C)C(C)(C)CC)cc1. The molecule has 1 aliphatic carbocycles. The fraction of sp³-hybridized carbons (Fsp3) is 0.690. The van der Waals surface area contributed by atoms with Crippen molar-refractivity contribution in [2.45, 2.75) is 123 Å². The fourth-order valence-electron chi connectivity index (χ4n) is 4.63. The topological polar surface area (TPSA) is 87.7 Å². The second kappa shape index (κ2) is 13.5. The highest BCUT2D eigenvalue weighted by Gasteiger charge is 2.43. The van der Waals surface area contributed by atoms with Crippen LogP contribution in [0.2, 0.25) is 0 Å². The molecule has 8 heteroatoms. The first-order chi connectivity index (χ1) is 17.3. The normalized spacial score (nSPS) is 16.4. The second-order valence-electron chi connectivity index (χ2n) is 11.6. The maximum Gasteiger partial charge on any atom is 0.408 e. The van der Waals surface area contributed by atoms with Gasteiger partial charge < -0.3 is 20.3 Å². The molecule has 3 amide bonds. The lowest BCUT2D eigenvalue weighted by atomic mass is 9.90. The average molecular weight is 534 g/mol. The van der Waals surface area contributed by atoms with Gasteiger partial charge in [-0.2, -0.15) is 12.6 Å². The molecule has 2 rings (SSSR count). The van der Waals surface area contributed by atoms with Crippen molar-refractivity contribution >= 4 is 30.5 Å². The van der Waals surface area contributed by atoms with E-state index in [0.717, 1.165) is 43.2 Å². The largest absolute Gasteiger partial charge is 0.444 e. The van der Waals surface area contributed by atoms with Crippen LogP contribution in [0.25, 0.3) is 0 Å². The minimum Gasteiger partial charge on any atom is -0.444 e. The molecule has 0 bridgehead atoms. The number of aryl methyl sites for hydroxylation is 1. The van der Waals surface area contributed by atoms with Crippen LogP contribution in [-0.4, -0.2) is 51.8 Å². The monoisotopic (exact) mass is 533 g/mol. The molecular formula is C29H47N3O4S. The van der Waals surface area contributed by atoms with Gasteiger partial charge in [-0.05, 0) is 71.4 Å². The summed E-state index contributed by atoms with van der Waals surface area (Å²) in [7, 11) is 0. The number of ether oxygens (including phenoxy) is 1. The molecule has 1 fully saturated rings. The van der Waals surface area contributed by atoms with Crippen LogP contribution < -0.4 is 10.6 Å². The van der Waals surface area contributed by atoms with Crippen molar-refractivity contribution in [2.75, 3.05) is 5.75 Å². The molecule has 208 valence electrons. The van der Waals surface area contributed by atoms with Gasteiger partial charge in [-0.15, -0.1) is 0 Å². The summed E-state index contributed by atoms with van der Waals surface area (Å²) in [6.45, 7) is 13.3. The zero-order valence-electron chi connectivity index (χ0n) is 23.7. The molecule has 37 heavy (non-hydrogen) atoms. The Morgan fingerprint density at radius 1 is 1.03 bits per heavy atom. The van der Waals surface area contributed by atoms with E-state index < -0.39 is 29.3 Å². The summed E-state index contributed by atoms with van der Waals surface area (Å²) in [5.74, 6) is -0.489.